The summed E-state index contributed by atoms with van der Waals surface area (Å²) >= 11 is 0. The first-order valence-corrected chi connectivity index (χ1v) is 10.9. The van der Waals surface area contributed by atoms with E-state index in [1.165, 1.54) is 6.42 Å². The van der Waals surface area contributed by atoms with Gasteiger partial charge in [-0.2, -0.15) is 0 Å². The van der Waals surface area contributed by atoms with Crippen molar-refractivity contribution in [2.24, 2.45) is 0 Å². The van der Waals surface area contributed by atoms with Crippen molar-refractivity contribution in [2.75, 3.05) is 40.4 Å². The average molecular weight is 405 g/mol. The number of benzene rings is 1. The van der Waals surface area contributed by atoms with Gasteiger partial charge in [-0.3, -0.25) is 4.79 Å². The molecule has 2 aliphatic heterocycles. The minimum atomic E-state index is -0.0127. The second-order valence-electron chi connectivity index (χ2n) is 8.49. The van der Waals surface area contributed by atoms with E-state index in [0.717, 1.165) is 45.4 Å². The molecule has 162 valence electrons. The first kappa shape index (κ1) is 21.9. The van der Waals surface area contributed by atoms with Gasteiger partial charge in [0, 0.05) is 44.9 Å². The fraction of sp³-hybridized carbons (Fsp3) is 0.696. The second kappa shape index (κ2) is 10.3. The zero-order valence-electron chi connectivity index (χ0n) is 18.4. The van der Waals surface area contributed by atoms with E-state index in [-0.39, 0.29) is 18.1 Å². The van der Waals surface area contributed by atoms with Crippen LogP contribution in [0.15, 0.2) is 18.2 Å². The highest BCUT2D eigenvalue weighted by Crippen LogP contribution is 2.31. The molecule has 0 bridgehead atoms. The molecular formula is C23H36N2O4. The number of hydrogen-bond acceptors (Lipinski definition) is 5. The van der Waals surface area contributed by atoms with E-state index in [0.29, 0.717) is 29.6 Å². The van der Waals surface area contributed by atoms with E-state index in [1.54, 1.807) is 12.0 Å². The number of piperidine rings is 1. The molecular weight excluding hydrogens is 368 g/mol. The number of nitrogens with zero attached hydrogens (tertiary/aromatic N) is 2. The molecule has 0 spiro atoms. The van der Waals surface area contributed by atoms with Gasteiger partial charge in [-0.25, -0.2) is 0 Å². The van der Waals surface area contributed by atoms with Crippen LogP contribution in [0.3, 0.4) is 0 Å². The number of likely N-dealkylation sites (N-methyl/N-ethyl adjacent to an activating group) is 1. The van der Waals surface area contributed by atoms with Crippen molar-refractivity contribution >= 4 is 5.91 Å². The maximum Gasteiger partial charge on any atom is 0.253 e. The van der Waals surface area contributed by atoms with E-state index in [1.807, 2.05) is 25.2 Å². The molecule has 1 aromatic rings. The van der Waals surface area contributed by atoms with Crippen LogP contribution in [0.5, 0.6) is 11.5 Å². The molecule has 0 N–H and O–H groups in total. The molecule has 1 atom stereocenters. The van der Waals surface area contributed by atoms with Gasteiger partial charge >= 0.3 is 0 Å². The standard InChI is InChI=1S/C23H36N2O4/c1-17(2)25-12-10-19(11-13-25)29-22-15-18(8-9-21(22)27-4)23(26)24(3)16-20-7-5-6-14-28-20/h8-9,15,17,19-20H,5-7,10-14,16H2,1-4H3/t20-/m0/s1. The van der Waals surface area contributed by atoms with Gasteiger partial charge in [0.05, 0.1) is 13.2 Å². The van der Waals surface area contributed by atoms with Crippen molar-refractivity contribution in [3.8, 4) is 11.5 Å². The topological polar surface area (TPSA) is 51.2 Å². The Labute approximate surface area is 175 Å². The number of carbonyl (C=O) groups excluding carboxylic acids is 1. The molecule has 0 saturated carbocycles. The lowest BCUT2D eigenvalue weighted by molar-refractivity contribution is -0.000198. The van der Waals surface area contributed by atoms with Crippen LogP contribution in [0.1, 0.15) is 56.3 Å². The monoisotopic (exact) mass is 404 g/mol. The van der Waals surface area contributed by atoms with Crippen LogP contribution in [0.2, 0.25) is 0 Å². The fourth-order valence-electron chi connectivity index (χ4n) is 4.15. The van der Waals surface area contributed by atoms with Crippen LogP contribution in [0.4, 0.5) is 0 Å². The molecule has 2 saturated heterocycles. The van der Waals surface area contributed by atoms with Crippen molar-refractivity contribution in [1.82, 2.24) is 9.80 Å². The lowest BCUT2D eigenvalue weighted by Gasteiger charge is -2.34. The van der Waals surface area contributed by atoms with Gasteiger partial charge in [-0.05, 0) is 64.2 Å². The van der Waals surface area contributed by atoms with Crippen molar-refractivity contribution < 1.29 is 19.0 Å². The minimum Gasteiger partial charge on any atom is -0.493 e. The van der Waals surface area contributed by atoms with Crippen LogP contribution in [-0.4, -0.2) is 74.4 Å². The van der Waals surface area contributed by atoms with E-state index in [4.69, 9.17) is 14.2 Å². The Morgan fingerprint density at radius 1 is 1.21 bits per heavy atom. The summed E-state index contributed by atoms with van der Waals surface area (Å²) in [6, 6.07) is 6.04. The third kappa shape index (κ3) is 5.86. The maximum absolute atomic E-state index is 12.9. The summed E-state index contributed by atoms with van der Waals surface area (Å²) in [5, 5.41) is 0. The molecule has 2 fully saturated rings. The molecule has 0 aliphatic carbocycles. The molecule has 3 rings (SSSR count). The van der Waals surface area contributed by atoms with Crippen LogP contribution in [0.25, 0.3) is 0 Å². The quantitative estimate of drug-likeness (QED) is 0.695. The van der Waals surface area contributed by atoms with E-state index >= 15 is 0 Å². The van der Waals surface area contributed by atoms with Crippen molar-refractivity contribution in [3.63, 3.8) is 0 Å². The number of rotatable bonds is 7. The zero-order chi connectivity index (χ0) is 20.8. The molecule has 0 radical (unpaired) electrons. The summed E-state index contributed by atoms with van der Waals surface area (Å²) in [6.07, 6.45) is 5.56. The summed E-state index contributed by atoms with van der Waals surface area (Å²) in [5.41, 5.74) is 0.624. The minimum absolute atomic E-state index is 0.0127. The normalized spacial score (nSPS) is 21.2. The third-order valence-corrected chi connectivity index (χ3v) is 6.01. The Hall–Kier alpha value is -1.79. The second-order valence-corrected chi connectivity index (χ2v) is 8.49. The van der Waals surface area contributed by atoms with E-state index in [2.05, 4.69) is 18.7 Å². The van der Waals surface area contributed by atoms with Gasteiger partial charge in [-0.1, -0.05) is 0 Å². The van der Waals surface area contributed by atoms with E-state index in [9.17, 15) is 4.79 Å². The molecule has 2 aliphatic rings. The van der Waals surface area contributed by atoms with E-state index < -0.39 is 0 Å². The Morgan fingerprint density at radius 2 is 1.97 bits per heavy atom. The molecule has 1 amide bonds. The average Bonchev–Trinajstić information content (AvgIpc) is 2.74. The summed E-state index contributed by atoms with van der Waals surface area (Å²) < 4.78 is 17.5. The summed E-state index contributed by atoms with van der Waals surface area (Å²) in [6.45, 7) is 7.95. The lowest BCUT2D eigenvalue weighted by atomic mass is 10.1. The summed E-state index contributed by atoms with van der Waals surface area (Å²) in [5.74, 6) is 1.32. The molecule has 1 aromatic carbocycles. The van der Waals surface area contributed by atoms with Gasteiger partial charge in [0.1, 0.15) is 6.10 Å². The van der Waals surface area contributed by atoms with Crippen LogP contribution in [-0.2, 0) is 4.74 Å². The van der Waals surface area contributed by atoms with Gasteiger partial charge in [0.15, 0.2) is 11.5 Å². The molecule has 0 aromatic heterocycles. The van der Waals surface area contributed by atoms with Crippen LogP contribution < -0.4 is 9.47 Å². The van der Waals surface area contributed by atoms with Gasteiger partial charge in [0.2, 0.25) is 0 Å². The molecule has 0 unspecified atom stereocenters. The largest absolute Gasteiger partial charge is 0.493 e. The van der Waals surface area contributed by atoms with Gasteiger partial charge in [0.25, 0.3) is 5.91 Å². The number of amides is 1. The van der Waals surface area contributed by atoms with Gasteiger partial charge < -0.3 is 24.0 Å². The van der Waals surface area contributed by atoms with Crippen LogP contribution >= 0.6 is 0 Å². The smallest absolute Gasteiger partial charge is 0.253 e. The highest BCUT2D eigenvalue weighted by atomic mass is 16.5. The maximum atomic E-state index is 12.9. The first-order chi connectivity index (χ1) is 14.0. The first-order valence-electron chi connectivity index (χ1n) is 10.9. The highest BCUT2D eigenvalue weighted by Gasteiger charge is 2.24. The predicted octanol–water partition coefficient (Wildman–Crippen LogP) is 3.59. The van der Waals surface area contributed by atoms with Crippen molar-refractivity contribution in [2.45, 2.75) is 64.2 Å². The number of methoxy groups -OCH3 is 1. The zero-order valence-corrected chi connectivity index (χ0v) is 18.4. The van der Waals surface area contributed by atoms with Crippen molar-refractivity contribution in [3.05, 3.63) is 23.8 Å². The molecule has 6 nitrogen and oxygen atoms in total. The molecule has 2 heterocycles. The summed E-state index contributed by atoms with van der Waals surface area (Å²) in [7, 11) is 3.48. The SMILES string of the molecule is COc1ccc(C(=O)N(C)C[C@@H]2CCCCO2)cc1OC1CCN(C(C)C)CC1. The lowest BCUT2D eigenvalue weighted by Crippen LogP contribution is -2.41. The predicted molar refractivity (Wildman–Crippen MR) is 114 cm³/mol. The highest BCUT2D eigenvalue weighted by molar-refractivity contribution is 5.94. The van der Waals surface area contributed by atoms with Crippen LogP contribution in [0, 0.1) is 0 Å². The number of hydrogen-bond donors (Lipinski definition) is 0. The Morgan fingerprint density at radius 3 is 2.59 bits per heavy atom. The molecule has 6 heteroatoms. The Kier molecular flexibility index (Phi) is 7.78. The molecule has 29 heavy (non-hydrogen) atoms. The third-order valence-electron chi connectivity index (χ3n) is 6.01. The van der Waals surface area contributed by atoms with Gasteiger partial charge in [-0.15, -0.1) is 0 Å². The fourth-order valence-corrected chi connectivity index (χ4v) is 4.15. The number of carbonyl (C=O) groups is 1. The Balaban J connectivity index is 1.64. The summed E-state index contributed by atoms with van der Waals surface area (Å²) in [4.78, 5) is 17.2. The van der Waals surface area contributed by atoms with Crippen molar-refractivity contribution in [1.29, 1.82) is 0 Å². The number of ether oxygens (including phenoxy) is 3. The number of likely N-dealkylation sites (tertiary alicyclic amines) is 1. The Bertz CT molecular complexity index is 665.